The Hall–Kier alpha value is -3.58. The Labute approximate surface area is 182 Å². The molecular formula is C24H20FN3O2S. The predicted molar refractivity (Wildman–Crippen MR) is 121 cm³/mol. The molecule has 0 saturated heterocycles. The van der Waals surface area contributed by atoms with Crippen LogP contribution >= 0.6 is 11.3 Å². The second kappa shape index (κ2) is 8.65. The fourth-order valence-corrected chi connectivity index (χ4v) is 4.28. The Bertz CT molecular complexity index is 1310. The summed E-state index contributed by atoms with van der Waals surface area (Å²) in [6.45, 7) is 4.57. The molecule has 0 N–H and O–H groups in total. The number of aryl methyl sites for hydroxylation is 2. The molecule has 0 aliphatic carbocycles. The number of hydrogen-bond donors (Lipinski definition) is 0. The van der Waals surface area contributed by atoms with E-state index in [1.54, 1.807) is 24.3 Å². The SMILES string of the molecule is Cc1ccc(N=c2scc(-c3ccc([N+](=O)[O-])cc3)n2Cc2ccc(F)cc2)c(C)c1. The van der Waals surface area contributed by atoms with Gasteiger partial charge in [-0.05, 0) is 60.9 Å². The van der Waals surface area contributed by atoms with Crippen molar-refractivity contribution < 1.29 is 9.31 Å². The van der Waals surface area contributed by atoms with E-state index in [0.717, 1.165) is 32.9 Å². The molecule has 31 heavy (non-hydrogen) atoms. The summed E-state index contributed by atoms with van der Waals surface area (Å²) in [6, 6.07) is 19.0. The number of rotatable bonds is 5. The van der Waals surface area contributed by atoms with Gasteiger partial charge < -0.3 is 4.57 Å². The predicted octanol–water partition coefficient (Wildman–Crippen LogP) is 6.16. The third-order valence-electron chi connectivity index (χ3n) is 4.99. The van der Waals surface area contributed by atoms with Crippen LogP contribution in [-0.2, 0) is 6.54 Å². The Morgan fingerprint density at radius 3 is 2.39 bits per heavy atom. The minimum atomic E-state index is -0.412. The molecular weight excluding hydrogens is 413 g/mol. The van der Waals surface area contributed by atoms with Gasteiger partial charge in [-0.25, -0.2) is 9.38 Å². The number of nitro groups is 1. The highest BCUT2D eigenvalue weighted by Crippen LogP contribution is 2.25. The van der Waals surface area contributed by atoms with Gasteiger partial charge in [0.15, 0.2) is 4.80 Å². The van der Waals surface area contributed by atoms with Crippen molar-refractivity contribution in [1.82, 2.24) is 4.57 Å². The third-order valence-corrected chi connectivity index (χ3v) is 5.86. The second-order valence-electron chi connectivity index (χ2n) is 7.32. The standard InChI is InChI=1S/C24H20FN3O2S/c1-16-3-12-22(17(2)13-16)26-24-27(14-18-4-8-20(25)9-5-18)23(15-31-24)19-6-10-21(11-7-19)28(29)30/h3-13,15H,14H2,1-2H3. The Kier molecular flexibility index (Phi) is 5.77. The van der Waals surface area contributed by atoms with E-state index in [1.807, 2.05) is 31.4 Å². The Balaban J connectivity index is 1.84. The molecule has 0 saturated carbocycles. The topological polar surface area (TPSA) is 60.4 Å². The lowest BCUT2D eigenvalue weighted by Gasteiger charge is -2.10. The van der Waals surface area contributed by atoms with Crippen LogP contribution in [0.15, 0.2) is 77.1 Å². The lowest BCUT2D eigenvalue weighted by atomic mass is 10.1. The average Bonchev–Trinajstić information content (AvgIpc) is 3.14. The summed E-state index contributed by atoms with van der Waals surface area (Å²) in [7, 11) is 0. The zero-order valence-corrected chi connectivity index (χ0v) is 17.9. The quantitative estimate of drug-likeness (QED) is 0.279. The number of nitrogens with zero attached hydrogens (tertiary/aromatic N) is 3. The summed E-state index contributed by atoms with van der Waals surface area (Å²) in [5, 5.41) is 13.0. The van der Waals surface area contributed by atoms with E-state index in [1.165, 1.54) is 41.2 Å². The van der Waals surface area contributed by atoms with Crippen LogP contribution in [0.2, 0.25) is 0 Å². The molecule has 0 spiro atoms. The van der Waals surface area contributed by atoms with Gasteiger partial charge in [-0.15, -0.1) is 11.3 Å². The van der Waals surface area contributed by atoms with Gasteiger partial charge >= 0.3 is 0 Å². The van der Waals surface area contributed by atoms with Crippen molar-refractivity contribution in [3.05, 3.63) is 110 Å². The second-order valence-corrected chi connectivity index (χ2v) is 8.16. The summed E-state index contributed by atoms with van der Waals surface area (Å²) in [5.41, 5.74) is 5.87. The largest absolute Gasteiger partial charge is 0.312 e. The lowest BCUT2D eigenvalue weighted by molar-refractivity contribution is -0.384. The van der Waals surface area contributed by atoms with E-state index in [0.29, 0.717) is 6.54 Å². The zero-order chi connectivity index (χ0) is 22.0. The van der Waals surface area contributed by atoms with Gasteiger partial charge in [0.25, 0.3) is 5.69 Å². The molecule has 0 amide bonds. The molecule has 0 atom stereocenters. The summed E-state index contributed by atoms with van der Waals surface area (Å²) < 4.78 is 15.4. The van der Waals surface area contributed by atoms with Gasteiger partial charge in [-0.1, -0.05) is 29.8 Å². The molecule has 0 unspecified atom stereocenters. The first kappa shape index (κ1) is 20.7. The average molecular weight is 434 g/mol. The lowest BCUT2D eigenvalue weighted by Crippen LogP contribution is -2.16. The van der Waals surface area contributed by atoms with Crippen molar-refractivity contribution in [2.45, 2.75) is 20.4 Å². The number of non-ortho nitro benzene ring substituents is 1. The number of halogens is 1. The number of thiazole rings is 1. The molecule has 3 aromatic carbocycles. The highest BCUT2D eigenvalue weighted by atomic mass is 32.1. The number of nitro benzene ring substituents is 1. The Morgan fingerprint density at radius 1 is 1.03 bits per heavy atom. The molecule has 156 valence electrons. The molecule has 4 aromatic rings. The van der Waals surface area contributed by atoms with E-state index < -0.39 is 4.92 Å². The van der Waals surface area contributed by atoms with Crippen molar-refractivity contribution in [1.29, 1.82) is 0 Å². The summed E-state index contributed by atoms with van der Waals surface area (Å²) in [5.74, 6) is -0.283. The summed E-state index contributed by atoms with van der Waals surface area (Å²) in [6.07, 6.45) is 0. The van der Waals surface area contributed by atoms with E-state index in [2.05, 4.69) is 10.6 Å². The minimum Gasteiger partial charge on any atom is -0.312 e. The fourth-order valence-electron chi connectivity index (χ4n) is 3.36. The zero-order valence-electron chi connectivity index (χ0n) is 17.1. The third kappa shape index (κ3) is 4.62. The fraction of sp³-hybridized carbons (Fsp3) is 0.125. The van der Waals surface area contributed by atoms with Crippen LogP contribution in [0.4, 0.5) is 15.8 Å². The van der Waals surface area contributed by atoms with Gasteiger partial charge in [0, 0.05) is 17.5 Å². The van der Waals surface area contributed by atoms with Crippen LogP contribution in [0.5, 0.6) is 0 Å². The van der Waals surface area contributed by atoms with E-state index >= 15 is 0 Å². The molecule has 1 heterocycles. The van der Waals surface area contributed by atoms with Crippen LogP contribution in [0, 0.1) is 29.8 Å². The van der Waals surface area contributed by atoms with Crippen molar-refractivity contribution in [2.75, 3.05) is 0 Å². The molecule has 4 rings (SSSR count). The van der Waals surface area contributed by atoms with Crippen LogP contribution < -0.4 is 4.80 Å². The minimum absolute atomic E-state index is 0.0456. The summed E-state index contributed by atoms with van der Waals surface area (Å²) in [4.78, 5) is 16.3. The van der Waals surface area contributed by atoms with Crippen LogP contribution in [0.25, 0.3) is 11.3 Å². The van der Waals surface area contributed by atoms with Gasteiger partial charge in [0.1, 0.15) is 5.82 Å². The molecule has 0 bridgehead atoms. The first-order chi connectivity index (χ1) is 14.9. The smallest absolute Gasteiger partial charge is 0.269 e. The first-order valence-electron chi connectivity index (χ1n) is 9.70. The van der Waals surface area contributed by atoms with Crippen LogP contribution in [-0.4, -0.2) is 9.49 Å². The van der Waals surface area contributed by atoms with Crippen molar-refractivity contribution in [3.63, 3.8) is 0 Å². The molecule has 0 aliphatic rings. The highest BCUT2D eigenvalue weighted by Gasteiger charge is 2.12. The maximum Gasteiger partial charge on any atom is 0.269 e. The molecule has 0 aliphatic heterocycles. The first-order valence-corrected chi connectivity index (χ1v) is 10.6. The Morgan fingerprint density at radius 2 is 1.74 bits per heavy atom. The van der Waals surface area contributed by atoms with Gasteiger partial charge in [-0.2, -0.15) is 0 Å². The highest BCUT2D eigenvalue weighted by molar-refractivity contribution is 7.07. The molecule has 7 heteroatoms. The molecule has 0 fully saturated rings. The maximum atomic E-state index is 13.4. The van der Waals surface area contributed by atoms with Crippen molar-refractivity contribution in [3.8, 4) is 11.3 Å². The van der Waals surface area contributed by atoms with E-state index in [9.17, 15) is 14.5 Å². The van der Waals surface area contributed by atoms with Crippen molar-refractivity contribution in [2.24, 2.45) is 4.99 Å². The van der Waals surface area contributed by atoms with Crippen LogP contribution in [0.3, 0.4) is 0 Å². The normalized spacial score (nSPS) is 11.6. The number of aromatic nitrogens is 1. The molecule has 5 nitrogen and oxygen atoms in total. The summed E-state index contributed by atoms with van der Waals surface area (Å²) >= 11 is 1.50. The van der Waals surface area contributed by atoms with E-state index in [-0.39, 0.29) is 11.5 Å². The molecule has 0 radical (unpaired) electrons. The molecule has 1 aromatic heterocycles. The monoisotopic (exact) mass is 433 g/mol. The van der Waals surface area contributed by atoms with Gasteiger partial charge in [0.2, 0.25) is 0 Å². The number of benzene rings is 3. The number of hydrogen-bond acceptors (Lipinski definition) is 4. The maximum absolute atomic E-state index is 13.4. The van der Waals surface area contributed by atoms with Gasteiger partial charge in [0.05, 0.1) is 22.8 Å². The van der Waals surface area contributed by atoms with Gasteiger partial charge in [-0.3, -0.25) is 10.1 Å². The van der Waals surface area contributed by atoms with Crippen LogP contribution in [0.1, 0.15) is 16.7 Å². The van der Waals surface area contributed by atoms with Crippen molar-refractivity contribution >= 4 is 22.7 Å². The van der Waals surface area contributed by atoms with E-state index in [4.69, 9.17) is 4.99 Å².